The van der Waals surface area contributed by atoms with Gasteiger partial charge in [0.1, 0.15) is 0 Å². The zero-order valence-corrected chi connectivity index (χ0v) is 12.1. The van der Waals surface area contributed by atoms with Gasteiger partial charge in [-0.3, -0.25) is 4.79 Å². The molecular formula is C16H24N2O2. The molecule has 1 aromatic rings. The van der Waals surface area contributed by atoms with Crippen LogP contribution < -0.4 is 10.6 Å². The van der Waals surface area contributed by atoms with Gasteiger partial charge >= 0.3 is 0 Å². The van der Waals surface area contributed by atoms with Crippen LogP contribution in [0, 0.1) is 5.41 Å². The predicted molar refractivity (Wildman–Crippen MR) is 80.4 cm³/mol. The molecule has 1 amide bonds. The lowest BCUT2D eigenvalue weighted by molar-refractivity contribution is -0.127. The number of carbonyl (C=O) groups excluding carboxylic acids is 1. The number of benzene rings is 1. The van der Waals surface area contributed by atoms with Crippen LogP contribution in [0.25, 0.3) is 0 Å². The molecule has 4 nitrogen and oxygen atoms in total. The molecule has 1 aliphatic rings. The van der Waals surface area contributed by atoms with Crippen LogP contribution in [0.5, 0.6) is 0 Å². The van der Waals surface area contributed by atoms with Gasteiger partial charge in [0.15, 0.2) is 0 Å². The van der Waals surface area contributed by atoms with Crippen LogP contribution in [0.1, 0.15) is 38.2 Å². The average Bonchev–Trinajstić information content (AvgIpc) is 2.48. The summed E-state index contributed by atoms with van der Waals surface area (Å²) in [7, 11) is 0. The summed E-state index contributed by atoms with van der Waals surface area (Å²) in [4.78, 5) is 12.7. The molecule has 0 saturated carbocycles. The Kier molecular flexibility index (Phi) is 5.15. The topological polar surface area (TPSA) is 61.4 Å². The summed E-state index contributed by atoms with van der Waals surface area (Å²) >= 11 is 0. The van der Waals surface area contributed by atoms with E-state index in [9.17, 15) is 4.79 Å². The lowest BCUT2D eigenvalue weighted by Gasteiger charge is -2.36. The van der Waals surface area contributed by atoms with Gasteiger partial charge in [-0.25, -0.2) is 0 Å². The molecule has 1 saturated heterocycles. The van der Waals surface area contributed by atoms with Crippen LogP contribution in [0.4, 0.5) is 5.69 Å². The Morgan fingerprint density at radius 3 is 2.80 bits per heavy atom. The van der Waals surface area contributed by atoms with Crippen LogP contribution in [-0.2, 0) is 11.4 Å². The fraction of sp³-hybridized carbons (Fsp3) is 0.562. The van der Waals surface area contributed by atoms with E-state index in [1.807, 2.05) is 24.3 Å². The number of aliphatic hydroxyl groups is 1. The summed E-state index contributed by atoms with van der Waals surface area (Å²) in [5.41, 5.74) is 1.35. The molecule has 3 N–H and O–H groups in total. The van der Waals surface area contributed by atoms with Crippen LogP contribution in [0.2, 0.25) is 0 Å². The zero-order chi connectivity index (χ0) is 14.4. The number of piperidine rings is 1. The van der Waals surface area contributed by atoms with Crippen molar-refractivity contribution in [3.63, 3.8) is 0 Å². The first kappa shape index (κ1) is 15.0. The van der Waals surface area contributed by atoms with E-state index in [-0.39, 0.29) is 17.9 Å². The molecule has 1 aromatic carbocycles. The molecule has 0 radical (unpaired) electrons. The Hall–Kier alpha value is -1.39. The van der Waals surface area contributed by atoms with Crippen LogP contribution in [0.15, 0.2) is 24.3 Å². The van der Waals surface area contributed by atoms with E-state index in [2.05, 4.69) is 17.6 Å². The Bertz CT molecular complexity index is 448. The molecule has 0 unspecified atom stereocenters. The van der Waals surface area contributed by atoms with Gasteiger partial charge in [0.2, 0.25) is 5.91 Å². The van der Waals surface area contributed by atoms with Crippen molar-refractivity contribution in [3.05, 3.63) is 29.8 Å². The minimum Gasteiger partial charge on any atom is -0.392 e. The largest absolute Gasteiger partial charge is 0.392 e. The molecule has 1 aliphatic heterocycles. The van der Waals surface area contributed by atoms with Gasteiger partial charge in [-0.05, 0) is 50.0 Å². The molecule has 1 heterocycles. The average molecular weight is 276 g/mol. The van der Waals surface area contributed by atoms with Gasteiger partial charge in [0, 0.05) is 5.69 Å². The number of nitrogens with one attached hydrogen (secondary N) is 2. The molecule has 0 spiro atoms. The van der Waals surface area contributed by atoms with E-state index in [1.165, 1.54) is 0 Å². The highest BCUT2D eigenvalue weighted by Crippen LogP contribution is 2.35. The summed E-state index contributed by atoms with van der Waals surface area (Å²) in [6.07, 6.45) is 3.74. The fourth-order valence-corrected chi connectivity index (χ4v) is 2.99. The van der Waals surface area contributed by atoms with Gasteiger partial charge in [0.25, 0.3) is 0 Å². The van der Waals surface area contributed by atoms with E-state index in [1.54, 1.807) is 0 Å². The lowest BCUT2D eigenvalue weighted by Crippen LogP contribution is -2.44. The summed E-state index contributed by atoms with van der Waals surface area (Å²) in [6, 6.07) is 7.41. The quantitative estimate of drug-likeness (QED) is 0.773. The van der Waals surface area contributed by atoms with Gasteiger partial charge in [0.05, 0.1) is 12.0 Å². The number of hydrogen-bond donors (Lipinski definition) is 3. The summed E-state index contributed by atoms with van der Waals surface area (Å²) < 4.78 is 0. The van der Waals surface area contributed by atoms with E-state index < -0.39 is 0 Å². The van der Waals surface area contributed by atoms with Crippen molar-refractivity contribution in [2.24, 2.45) is 5.41 Å². The number of hydrogen-bond acceptors (Lipinski definition) is 3. The number of rotatable bonds is 5. The first-order valence-corrected chi connectivity index (χ1v) is 7.42. The molecular weight excluding hydrogens is 252 g/mol. The Morgan fingerprint density at radius 2 is 2.15 bits per heavy atom. The van der Waals surface area contributed by atoms with E-state index in [4.69, 9.17) is 5.11 Å². The minimum absolute atomic E-state index is 0.00622. The maximum atomic E-state index is 12.7. The van der Waals surface area contributed by atoms with E-state index in [0.717, 1.165) is 50.0 Å². The molecule has 110 valence electrons. The van der Waals surface area contributed by atoms with E-state index in [0.29, 0.717) is 0 Å². The smallest absolute Gasteiger partial charge is 0.230 e. The summed E-state index contributed by atoms with van der Waals surface area (Å²) in [6.45, 7) is 3.94. The van der Waals surface area contributed by atoms with Crippen molar-refractivity contribution in [1.82, 2.24) is 5.32 Å². The molecule has 20 heavy (non-hydrogen) atoms. The minimum atomic E-state index is -0.241. The monoisotopic (exact) mass is 276 g/mol. The Labute approximate surface area is 120 Å². The molecule has 4 heteroatoms. The van der Waals surface area contributed by atoms with Crippen molar-refractivity contribution < 1.29 is 9.90 Å². The van der Waals surface area contributed by atoms with Crippen molar-refractivity contribution in [1.29, 1.82) is 0 Å². The van der Waals surface area contributed by atoms with Gasteiger partial charge in [-0.2, -0.15) is 0 Å². The van der Waals surface area contributed by atoms with Crippen molar-refractivity contribution in [2.45, 2.75) is 39.2 Å². The second-order valence-electron chi connectivity index (χ2n) is 5.59. The first-order valence-electron chi connectivity index (χ1n) is 7.42. The van der Waals surface area contributed by atoms with Crippen LogP contribution in [0.3, 0.4) is 0 Å². The van der Waals surface area contributed by atoms with E-state index >= 15 is 0 Å². The second kappa shape index (κ2) is 6.86. The Morgan fingerprint density at radius 1 is 1.40 bits per heavy atom. The maximum Gasteiger partial charge on any atom is 0.230 e. The third-order valence-corrected chi connectivity index (χ3v) is 4.14. The highest BCUT2D eigenvalue weighted by atomic mass is 16.3. The highest BCUT2D eigenvalue weighted by Gasteiger charge is 2.38. The van der Waals surface area contributed by atoms with Crippen molar-refractivity contribution in [2.75, 3.05) is 18.4 Å². The first-order chi connectivity index (χ1) is 9.70. The third-order valence-electron chi connectivity index (χ3n) is 4.14. The molecule has 0 aliphatic carbocycles. The molecule has 0 aromatic heterocycles. The Balaban J connectivity index is 2.11. The summed E-state index contributed by atoms with van der Waals surface area (Å²) in [5, 5.41) is 15.5. The number of anilines is 1. The molecule has 2 rings (SSSR count). The zero-order valence-electron chi connectivity index (χ0n) is 12.1. The lowest BCUT2D eigenvalue weighted by atomic mass is 9.74. The number of amides is 1. The normalized spacial score (nSPS) is 17.7. The number of carbonyl (C=O) groups is 1. The van der Waals surface area contributed by atoms with Crippen molar-refractivity contribution in [3.8, 4) is 0 Å². The predicted octanol–water partition coefficient (Wildman–Crippen LogP) is 2.29. The second-order valence-corrected chi connectivity index (χ2v) is 5.59. The van der Waals surface area contributed by atoms with Crippen molar-refractivity contribution >= 4 is 11.6 Å². The van der Waals surface area contributed by atoms with Gasteiger partial charge in [-0.1, -0.05) is 25.5 Å². The molecule has 0 atom stereocenters. The SMILES string of the molecule is CCCC1(C(=O)Nc2cccc(CO)c2)CCNCC1. The van der Waals surface area contributed by atoms with Gasteiger partial charge < -0.3 is 15.7 Å². The highest BCUT2D eigenvalue weighted by molar-refractivity contribution is 5.95. The van der Waals surface area contributed by atoms with Gasteiger partial charge in [-0.15, -0.1) is 0 Å². The third kappa shape index (κ3) is 3.38. The summed E-state index contributed by atoms with van der Waals surface area (Å²) in [5.74, 6) is 0.121. The molecule has 1 fully saturated rings. The standard InChI is InChI=1S/C16H24N2O2/c1-2-6-16(7-9-17-10-8-16)15(20)18-14-5-3-4-13(11-14)12-19/h3-5,11,17,19H,2,6-10,12H2,1H3,(H,18,20). The van der Waals surface area contributed by atoms with Crippen LogP contribution in [-0.4, -0.2) is 24.1 Å². The molecule has 0 bridgehead atoms. The maximum absolute atomic E-state index is 12.7. The van der Waals surface area contributed by atoms with Crippen LogP contribution >= 0.6 is 0 Å². The fourth-order valence-electron chi connectivity index (χ4n) is 2.99. The number of aliphatic hydroxyl groups excluding tert-OH is 1.